The number of aliphatic imine (C=N–C) groups is 1. The summed E-state index contributed by atoms with van der Waals surface area (Å²) >= 11 is 0. The highest BCUT2D eigenvalue weighted by Crippen LogP contribution is 2.21. The molecule has 7 heteroatoms. The molecule has 2 heterocycles. The lowest BCUT2D eigenvalue weighted by Crippen LogP contribution is -2.48. The number of piperidine rings is 1. The average Bonchev–Trinajstić information content (AvgIpc) is 3.15. The molecule has 0 amide bonds. The Kier molecular flexibility index (Phi) is 6.73. The molecule has 168 valence electrons. The van der Waals surface area contributed by atoms with Crippen molar-refractivity contribution in [3.8, 4) is 5.69 Å². The summed E-state index contributed by atoms with van der Waals surface area (Å²) < 4.78 is 15.5. The molecule has 1 aromatic heterocycles. The third-order valence-electron chi connectivity index (χ3n) is 5.91. The van der Waals surface area contributed by atoms with Crippen molar-refractivity contribution in [3.05, 3.63) is 77.4 Å². The minimum Gasteiger partial charge on any atom is -0.371 e. The Morgan fingerprint density at radius 2 is 1.88 bits per heavy atom. The van der Waals surface area contributed by atoms with E-state index in [1.807, 2.05) is 29.8 Å². The number of nitrogens with zero attached hydrogens (tertiary/aromatic N) is 4. The molecule has 0 atom stereocenters. The van der Waals surface area contributed by atoms with E-state index in [0.29, 0.717) is 12.6 Å². The molecule has 0 aliphatic carbocycles. The second-order valence-electron chi connectivity index (χ2n) is 8.28. The zero-order valence-corrected chi connectivity index (χ0v) is 19.0. The maximum absolute atomic E-state index is 13.5. The highest BCUT2D eigenvalue weighted by atomic mass is 19.1. The van der Waals surface area contributed by atoms with Crippen LogP contribution in [-0.4, -0.2) is 41.9 Å². The number of anilines is 1. The number of hydrogen-bond acceptors (Lipinski definition) is 3. The maximum atomic E-state index is 13.5. The quantitative estimate of drug-likeness (QED) is 0.471. The SMILES string of the molecule is CN=C(NCc1ccccc1-n1nc(C)cc1C)NC1CCN(c2cccc(F)c2)CC1. The number of guanidine groups is 1. The van der Waals surface area contributed by atoms with Gasteiger partial charge in [0.15, 0.2) is 5.96 Å². The van der Waals surface area contributed by atoms with Crippen LogP contribution in [-0.2, 0) is 6.54 Å². The number of para-hydroxylation sites is 1. The molecule has 0 bridgehead atoms. The first-order valence-electron chi connectivity index (χ1n) is 11.1. The van der Waals surface area contributed by atoms with E-state index >= 15 is 0 Å². The van der Waals surface area contributed by atoms with Crippen molar-refractivity contribution >= 4 is 11.6 Å². The van der Waals surface area contributed by atoms with Crippen molar-refractivity contribution in [2.45, 2.75) is 39.3 Å². The molecule has 2 aromatic carbocycles. The normalized spacial score (nSPS) is 15.1. The largest absolute Gasteiger partial charge is 0.371 e. The first-order valence-corrected chi connectivity index (χ1v) is 11.1. The Balaban J connectivity index is 1.34. The van der Waals surface area contributed by atoms with E-state index in [1.165, 1.54) is 6.07 Å². The van der Waals surface area contributed by atoms with Gasteiger partial charge in [-0.1, -0.05) is 24.3 Å². The van der Waals surface area contributed by atoms with Gasteiger partial charge >= 0.3 is 0 Å². The molecule has 2 N–H and O–H groups in total. The number of nitrogens with one attached hydrogen (secondary N) is 2. The first-order chi connectivity index (χ1) is 15.5. The second-order valence-corrected chi connectivity index (χ2v) is 8.28. The standard InChI is InChI=1S/C25H31FN6/c1-18-15-19(2)32(30-18)24-10-5-4-7-20(24)17-28-25(27-3)29-22-11-13-31(14-12-22)23-9-6-8-21(26)16-23/h4-10,15-16,22H,11-14,17H2,1-3H3,(H2,27,28,29). The lowest BCUT2D eigenvalue weighted by molar-refractivity contribution is 0.461. The first kappa shape index (κ1) is 21.9. The van der Waals surface area contributed by atoms with Crippen molar-refractivity contribution < 1.29 is 4.39 Å². The predicted octanol–water partition coefficient (Wildman–Crippen LogP) is 3.96. The van der Waals surface area contributed by atoms with Crippen LogP contribution in [0.1, 0.15) is 29.8 Å². The summed E-state index contributed by atoms with van der Waals surface area (Å²) in [6.45, 7) is 6.50. The van der Waals surface area contributed by atoms with Crippen LogP contribution in [0.3, 0.4) is 0 Å². The lowest BCUT2D eigenvalue weighted by atomic mass is 10.0. The van der Waals surface area contributed by atoms with Crippen molar-refractivity contribution in [2.75, 3.05) is 25.0 Å². The Morgan fingerprint density at radius 3 is 2.56 bits per heavy atom. The van der Waals surface area contributed by atoms with Crippen LogP contribution in [0, 0.1) is 19.7 Å². The average molecular weight is 435 g/mol. The third kappa shape index (κ3) is 5.10. The van der Waals surface area contributed by atoms with Gasteiger partial charge in [0, 0.05) is 44.1 Å². The fraction of sp³-hybridized carbons (Fsp3) is 0.360. The predicted molar refractivity (Wildman–Crippen MR) is 128 cm³/mol. The van der Waals surface area contributed by atoms with E-state index in [0.717, 1.165) is 60.2 Å². The number of benzene rings is 2. The Hall–Kier alpha value is -3.35. The van der Waals surface area contributed by atoms with Crippen molar-refractivity contribution in [2.24, 2.45) is 4.99 Å². The van der Waals surface area contributed by atoms with Crippen LogP contribution in [0.25, 0.3) is 5.69 Å². The Bertz CT molecular complexity index is 1080. The van der Waals surface area contributed by atoms with Crippen LogP contribution in [0.5, 0.6) is 0 Å². The fourth-order valence-electron chi connectivity index (χ4n) is 4.26. The fourth-order valence-corrected chi connectivity index (χ4v) is 4.26. The summed E-state index contributed by atoms with van der Waals surface area (Å²) in [5, 5.41) is 11.6. The van der Waals surface area contributed by atoms with E-state index in [-0.39, 0.29) is 5.82 Å². The van der Waals surface area contributed by atoms with Gasteiger partial charge in [0.25, 0.3) is 0 Å². The van der Waals surface area contributed by atoms with Gasteiger partial charge in [0.2, 0.25) is 0 Å². The number of rotatable bonds is 5. The molecule has 0 saturated carbocycles. The van der Waals surface area contributed by atoms with E-state index in [2.05, 4.69) is 50.7 Å². The molecular formula is C25H31FN6. The second kappa shape index (κ2) is 9.85. The summed E-state index contributed by atoms with van der Waals surface area (Å²) in [7, 11) is 1.80. The van der Waals surface area contributed by atoms with Gasteiger partial charge in [-0.15, -0.1) is 0 Å². The maximum Gasteiger partial charge on any atom is 0.191 e. The molecular weight excluding hydrogens is 403 g/mol. The van der Waals surface area contributed by atoms with E-state index in [1.54, 1.807) is 19.2 Å². The topological polar surface area (TPSA) is 57.5 Å². The Morgan fingerprint density at radius 1 is 1.09 bits per heavy atom. The number of halogens is 1. The minimum atomic E-state index is -0.187. The minimum absolute atomic E-state index is 0.187. The highest BCUT2D eigenvalue weighted by Gasteiger charge is 2.20. The number of aryl methyl sites for hydroxylation is 2. The number of aromatic nitrogens is 2. The van der Waals surface area contributed by atoms with Gasteiger partial charge in [0.1, 0.15) is 5.82 Å². The van der Waals surface area contributed by atoms with E-state index in [9.17, 15) is 4.39 Å². The highest BCUT2D eigenvalue weighted by molar-refractivity contribution is 5.80. The Labute approximate surface area is 189 Å². The molecule has 1 fully saturated rings. The van der Waals surface area contributed by atoms with Crippen LogP contribution in [0.15, 0.2) is 59.6 Å². The van der Waals surface area contributed by atoms with Gasteiger partial charge in [0.05, 0.1) is 11.4 Å². The van der Waals surface area contributed by atoms with Crippen LogP contribution in [0.4, 0.5) is 10.1 Å². The molecule has 6 nitrogen and oxygen atoms in total. The summed E-state index contributed by atoms with van der Waals surface area (Å²) in [6.07, 6.45) is 1.94. The molecule has 0 spiro atoms. The molecule has 1 aliphatic rings. The molecule has 0 unspecified atom stereocenters. The van der Waals surface area contributed by atoms with Gasteiger partial charge in [-0.3, -0.25) is 4.99 Å². The molecule has 3 aromatic rings. The van der Waals surface area contributed by atoms with E-state index in [4.69, 9.17) is 0 Å². The third-order valence-corrected chi connectivity index (χ3v) is 5.91. The zero-order valence-electron chi connectivity index (χ0n) is 19.0. The molecule has 0 radical (unpaired) electrons. The van der Waals surface area contributed by atoms with Gasteiger partial charge < -0.3 is 15.5 Å². The van der Waals surface area contributed by atoms with Crippen molar-refractivity contribution in [1.82, 2.24) is 20.4 Å². The van der Waals surface area contributed by atoms with Crippen LogP contribution >= 0.6 is 0 Å². The summed E-state index contributed by atoms with van der Waals surface area (Å²) in [5.41, 5.74) is 5.30. The van der Waals surface area contributed by atoms with Crippen molar-refractivity contribution in [1.29, 1.82) is 0 Å². The van der Waals surface area contributed by atoms with Gasteiger partial charge in [-0.05, 0) is 62.6 Å². The number of hydrogen-bond donors (Lipinski definition) is 2. The van der Waals surface area contributed by atoms with Crippen molar-refractivity contribution in [3.63, 3.8) is 0 Å². The molecule has 32 heavy (non-hydrogen) atoms. The summed E-state index contributed by atoms with van der Waals surface area (Å²) in [5.74, 6) is 0.602. The zero-order chi connectivity index (χ0) is 22.5. The van der Waals surface area contributed by atoms with Crippen LogP contribution < -0.4 is 15.5 Å². The monoisotopic (exact) mass is 434 g/mol. The lowest BCUT2D eigenvalue weighted by Gasteiger charge is -2.34. The molecule has 1 aliphatic heterocycles. The summed E-state index contributed by atoms with van der Waals surface area (Å²) in [6, 6.07) is 17.5. The van der Waals surface area contributed by atoms with Crippen LogP contribution in [0.2, 0.25) is 0 Å². The molecule has 1 saturated heterocycles. The summed E-state index contributed by atoms with van der Waals surface area (Å²) in [4.78, 5) is 6.66. The van der Waals surface area contributed by atoms with Gasteiger partial charge in [-0.25, -0.2) is 9.07 Å². The smallest absolute Gasteiger partial charge is 0.191 e. The van der Waals surface area contributed by atoms with E-state index < -0.39 is 0 Å². The van der Waals surface area contributed by atoms with Gasteiger partial charge in [-0.2, -0.15) is 5.10 Å². The molecule has 4 rings (SSSR count).